The van der Waals surface area contributed by atoms with Crippen molar-refractivity contribution in [1.82, 2.24) is 9.78 Å². The Balaban J connectivity index is 1.57. The van der Waals surface area contributed by atoms with Crippen LogP contribution < -0.4 is 14.8 Å². The maximum Gasteiger partial charge on any atom is 0.338 e. The lowest BCUT2D eigenvalue weighted by molar-refractivity contribution is -0.119. The van der Waals surface area contributed by atoms with E-state index < -0.39 is 11.9 Å². The van der Waals surface area contributed by atoms with Crippen molar-refractivity contribution in [3.8, 4) is 11.5 Å². The molecule has 1 saturated carbocycles. The Bertz CT molecular complexity index is 843. The number of anilines is 1. The van der Waals surface area contributed by atoms with Crippen molar-refractivity contribution >= 4 is 17.7 Å². The van der Waals surface area contributed by atoms with E-state index in [1.165, 1.54) is 12.8 Å². The lowest BCUT2D eigenvalue weighted by Crippen LogP contribution is -2.23. The summed E-state index contributed by atoms with van der Waals surface area (Å²) in [6.45, 7) is 4.26. The third-order valence-electron chi connectivity index (χ3n) is 4.72. The fourth-order valence-electron chi connectivity index (χ4n) is 3.42. The van der Waals surface area contributed by atoms with Crippen molar-refractivity contribution < 1.29 is 23.8 Å². The summed E-state index contributed by atoms with van der Waals surface area (Å²) in [7, 11) is 0. The fourth-order valence-corrected chi connectivity index (χ4v) is 3.42. The molecule has 2 aromatic rings. The minimum atomic E-state index is -0.603. The average molecular weight is 401 g/mol. The molecule has 1 aromatic heterocycles. The number of carbonyl (C=O) groups excluding carboxylic acids is 2. The van der Waals surface area contributed by atoms with E-state index in [0.717, 1.165) is 12.8 Å². The average Bonchev–Trinajstić information content (AvgIpc) is 3.39. The van der Waals surface area contributed by atoms with Crippen molar-refractivity contribution in [2.45, 2.75) is 45.6 Å². The summed E-state index contributed by atoms with van der Waals surface area (Å²) < 4.78 is 18.0. The number of aromatic nitrogens is 2. The van der Waals surface area contributed by atoms with E-state index >= 15 is 0 Å². The van der Waals surface area contributed by atoms with Gasteiger partial charge in [-0.25, -0.2) is 9.48 Å². The molecule has 0 atom stereocenters. The van der Waals surface area contributed by atoms with Gasteiger partial charge in [0.15, 0.2) is 18.1 Å². The quantitative estimate of drug-likeness (QED) is 0.646. The number of amides is 1. The molecule has 1 aliphatic carbocycles. The van der Waals surface area contributed by atoms with Crippen LogP contribution >= 0.6 is 0 Å². The Labute approximate surface area is 170 Å². The van der Waals surface area contributed by atoms with E-state index in [4.69, 9.17) is 14.2 Å². The number of ether oxygens (including phenoxy) is 3. The topological polar surface area (TPSA) is 91.7 Å². The normalized spacial score (nSPS) is 13.9. The molecule has 0 bridgehead atoms. The SMILES string of the molecule is CCOc1ccc(C(=O)OCC(=O)Nc2ccnn2C2CCCC2)cc1OCC. The van der Waals surface area contributed by atoms with Gasteiger partial charge in [0.1, 0.15) is 5.82 Å². The highest BCUT2D eigenvalue weighted by Gasteiger charge is 2.21. The number of nitrogens with zero attached hydrogens (tertiary/aromatic N) is 2. The van der Waals surface area contributed by atoms with E-state index in [-0.39, 0.29) is 6.61 Å². The molecule has 3 rings (SSSR count). The molecule has 1 heterocycles. The molecule has 1 aliphatic rings. The van der Waals surface area contributed by atoms with E-state index in [0.29, 0.717) is 42.1 Å². The predicted molar refractivity (Wildman–Crippen MR) is 107 cm³/mol. The summed E-state index contributed by atoms with van der Waals surface area (Å²) in [5.41, 5.74) is 0.292. The molecular formula is C21H27N3O5. The number of rotatable bonds is 9. The summed E-state index contributed by atoms with van der Waals surface area (Å²) in [5.74, 6) is 0.637. The third kappa shape index (κ3) is 5.28. The second kappa shape index (κ2) is 9.95. The van der Waals surface area contributed by atoms with Gasteiger partial charge in [-0.1, -0.05) is 12.8 Å². The number of carbonyl (C=O) groups is 2. The van der Waals surface area contributed by atoms with Crippen molar-refractivity contribution in [2.24, 2.45) is 0 Å². The number of esters is 1. The molecule has 0 unspecified atom stereocenters. The van der Waals surface area contributed by atoms with E-state index in [2.05, 4.69) is 10.4 Å². The van der Waals surface area contributed by atoms with Crippen LogP contribution in [0.5, 0.6) is 11.5 Å². The van der Waals surface area contributed by atoms with Gasteiger partial charge in [0, 0.05) is 6.07 Å². The van der Waals surface area contributed by atoms with Gasteiger partial charge in [-0.3, -0.25) is 4.79 Å². The zero-order valence-electron chi connectivity index (χ0n) is 16.8. The summed E-state index contributed by atoms with van der Waals surface area (Å²) in [5, 5.41) is 7.08. The van der Waals surface area contributed by atoms with Crippen LogP contribution in [0.3, 0.4) is 0 Å². The Kier molecular flexibility index (Phi) is 7.10. The molecule has 8 nitrogen and oxygen atoms in total. The van der Waals surface area contributed by atoms with Crippen molar-refractivity contribution in [3.05, 3.63) is 36.0 Å². The standard InChI is InChI=1S/C21H27N3O5/c1-3-27-17-10-9-15(13-18(17)28-4-2)21(26)29-14-20(25)23-19-11-12-22-24(19)16-7-5-6-8-16/h9-13,16H,3-8,14H2,1-2H3,(H,23,25). The van der Waals surface area contributed by atoms with Gasteiger partial charge in [0.2, 0.25) is 0 Å². The van der Waals surface area contributed by atoms with Gasteiger partial charge in [0.25, 0.3) is 5.91 Å². The van der Waals surface area contributed by atoms with E-state index in [1.807, 2.05) is 18.5 Å². The molecular weight excluding hydrogens is 374 g/mol. The van der Waals surface area contributed by atoms with Crippen LogP contribution in [0.1, 0.15) is 55.9 Å². The first kappa shape index (κ1) is 20.7. The molecule has 1 N–H and O–H groups in total. The summed E-state index contributed by atoms with van der Waals surface area (Å²) in [4.78, 5) is 24.6. The molecule has 0 saturated heterocycles. The first-order valence-electron chi connectivity index (χ1n) is 10.0. The van der Waals surface area contributed by atoms with Crippen LogP contribution in [0.4, 0.5) is 5.82 Å². The highest BCUT2D eigenvalue weighted by Crippen LogP contribution is 2.31. The first-order chi connectivity index (χ1) is 14.1. The zero-order valence-corrected chi connectivity index (χ0v) is 16.8. The molecule has 0 aliphatic heterocycles. The highest BCUT2D eigenvalue weighted by atomic mass is 16.5. The lowest BCUT2D eigenvalue weighted by atomic mass is 10.2. The van der Waals surface area contributed by atoms with E-state index in [9.17, 15) is 9.59 Å². The van der Waals surface area contributed by atoms with Crippen molar-refractivity contribution in [2.75, 3.05) is 25.1 Å². The zero-order chi connectivity index (χ0) is 20.6. The highest BCUT2D eigenvalue weighted by molar-refractivity contribution is 5.95. The first-order valence-corrected chi connectivity index (χ1v) is 10.0. The van der Waals surface area contributed by atoms with Crippen LogP contribution in [0.2, 0.25) is 0 Å². The largest absolute Gasteiger partial charge is 0.490 e. The van der Waals surface area contributed by atoms with Crippen LogP contribution in [-0.4, -0.2) is 41.5 Å². The second-order valence-corrected chi connectivity index (χ2v) is 6.75. The molecule has 8 heteroatoms. The van der Waals surface area contributed by atoms with Crippen molar-refractivity contribution in [1.29, 1.82) is 0 Å². The van der Waals surface area contributed by atoms with E-state index in [1.54, 1.807) is 30.5 Å². The smallest absolute Gasteiger partial charge is 0.338 e. The molecule has 0 spiro atoms. The summed E-state index contributed by atoms with van der Waals surface area (Å²) in [6.07, 6.45) is 6.11. The second-order valence-electron chi connectivity index (χ2n) is 6.75. The Morgan fingerprint density at radius 3 is 2.55 bits per heavy atom. The molecule has 1 aromatic carbocycles. The number of benzene rings is 1. The maximum absolute atomic E-state index is 12.3. The molecule has 0 radical (unpaired) electrons. The van der Waals surface area contributed by atoms with Gasteiger partial charge < -0.3 is 19.5 Å². The molecule has 29 heavy (non-hydrogen) atoms. The number of hydrogen-bond acceptors (Lipinski definition) is 6. The Morgan fingerprint density at radius 1 is 1.10 bits per heavy atom. The molecule has 156 valence electrons. The van der Waals surface area contributed by atoms with Crippen LogP contribution in [0.25, 0.3) is 0 Å². The van der Waals surface area contributed by atoms with Gasteiger partial charge in [-0.15, -0.1) is 0 Å². The summed E-state index contributed by atoms with van der Waals surface area (Å²) in [6, 6.07) is 6.86. The predicted octanol–water partition coefficient (Wildman–Crippen LogP) is 3.59. The van der Waals surface area contributed by atoms with Crippen molar-refractivity contribution in [3.63, 3.8) is 0 Å². The fraction of sp³-hybridized carbons (Fsp3) is 0.476. The number of hydrogen-bond donors (Lipinski definition) is 1. The minimum absolute atomic E-state index is 0.292. The number of nitrogens with one attached hydrogen (secondary N) is 1. The lowest BCUT2D eigenvalue weighted by Gasteiger charge is -2.15. The van der Waals surface area contributed by atoms with Gasteiger partial charge in [0.05, 0.1) is 31.0 Å². The molecule has 1 amide bonds. The third-order valence-corrected chi connectivity index (χ3v) is 4.72. The van der Waals surface area contributed by atoms with Gasteiger partial charge in [-0.05, 0) is 44.9 Å². The van der Waals surface area contributed by atoms with Crippen LogP contribution in [-0.2, 0) is 9.53 Å². The maximum atomic E-state index is 12.3. The van der Waals surface area contributed by atoms with Gasteiger partial charge in [-0.2, -0.15) is 5.10 Å². The summed E-state index contributed by atoms with van der Waals surface area (Å²) >= 11 is 0. The van der Waals surface area contributed by atoms with Crippen LogP contribution in [0, 0.1) is 0 Å². The minimum Gasteiger partial charge on any atom is -0.490 e. The Hall–Kier alpha value is -3.03. The van der Waals surface area contributed by atoms with Crippen LogP contribution in [0.15, 0.2) is 30.5 Å². The Morgan fingerprint density at radius 2 is 1.83 bits per heavy atom. The molecule has 1 fully saturated rings. The monoisotopic (exact) mass is 401 g/mol. The van der Waals surface area contributed by atoms with Gasteiger partial charge >= 0.3 is 5.97 Å².